The summed E-state index contributed by atoms with van der Waals surface area (Å²) in [5.74, 6) is 0.436. The van der Waals surface area contributed by atoms with Crippen LogP contribution in [0.15, 0.2) is 6.20 Å². The number of nitrogens with two attached hydrogens (primary N) is 1. The molecule has 3 N–H and O–H groups in total. The molecule has 1 aromatic heterocycles. The van der Waals surface area contributed by atoms with Gasteiger partial charge in [0, 0.05) is 13.6 Å². The van der Waals surface area contributed by atoms with Crippen LogP contribution < -0.4 is 11.1 Å². The predicted molar refractivity (Wildman–Crippen MR) is 67.9 cm³/mol. The standard InChI is InChI=1S/C10H16ClN5O/c1-4-16(3)9(17)6(2)14-8-7(11)5-13-10(12)15-8/h5-6H,4H2,1-3H3,(H3,12,13,14,15). The van der Waals surface area contributed by atoms with Crippen LogP contribution in [0.4, 0.5) is 11.8 Å². The van der Waals surface area contributed by atoms with E-state index in [0.29, 0.717) is 17.4 Å². The minimum atomic E-state index is -0.424. The van der Waals surface area contributed by atoms with Gasteiger partial charge in [0.15, 0.2) is 5.82 Å². The lowest BCUT2D eigenvalue weighted by atomic mass is 10.3. The van der Waals surface area contributed by atoms with E-state index in [2.05, 4.69) is 15.3 Å². The molecule has 0 aliphatic rings. The first-order valence-electron chi connectivity index (χ1n) is 5.25. The molecule has 0 spiro atoms. The van der Waals surface area contributed by atoms with Crippen molar-refractivity contribution < 1.29 is 4.79 Å². The Morgan fingerprint density at radius 1 is 1.71 bits per heavy atom. The number of hydrogen-bond donors (Lipinski definition) is 2. The number of rotatable bonds is 4. The maximum atomic E-state index is 11.8. The highest BCUT2D eigenvalue weighted by atomic mass is 35.5. The third-order valence-corrected chi connectivity index (χ3v) is 2.61. The summed E-state index contributed by atoms with van der Waals surface area (Å²) in [6.45, 7) is 4.29. The fourth-order valence-electron chi connectivity index (χ4n) is 1.24. The molecule has 0 fully saturated rings. The molecular formula is C10H16ClN5O. The van der Waals surface area contributed by atoms with E-state index in [9.17, 15) is 4.79 Å². The fourth-order valence-corrected chi connectivity index (χ4v) is 1.38. The van der Waals surface area contributed by atoms with Crippen LogP contribution in [0.2, 0.25) is 5.02 Å². The van der Waals surface area contributed by atoms with Crippen LogP contribution in [-0.2, 0) is 4.79 Å². The summed E-state index contributed by atoms with van der Waals surface area (Å²) in [7, 11) is 1.73. The van der Waals surface area contributed by atoms with E-state index in [1.165, 1.54) is 6.20 Å². The molecule has 0 saturated heterocycles. The molecule has 1 unspecified atom stereocenters. The second-order valence-corrected chi connectivity index (χ2v) is 4.05. The number of carbonyl (C=O) groups is 1. The van der Waals surface area contributed by atoms with E-state index in [1.54, 1.807) is 18.9 Å². The molecule has 1 aromatic rings. The molecule has 6 nitrogen and oxygen atoms in total. The van der Waals surface area contributed by atoms with Gasteiger partial charge in [-0.05, 0) is 13.8 Å². The molecular weight excluding hydrogens is 242 g/mol. The first kappa shape index (κ1) is 13.5. The largest absolute Gasteiger partial charge is 0.368 e. The Bertz CT molecular complexity index is 412. The lowest BCUT2D eigenvalue weighted by Gasteiger charge is -2.21. The van der Waals surface area contributed by atoms with Gasteiger partial charge >= 0.3 is 0 Å². The number of anilines is 2. The molecule has 0 saturated carbocycles. The summed E-state index contributed by atoms with van der Waals surface area (Å²) in [6, 6.07) is -0.424. The second-order valence-electron chi connectivity index (χ2n) is 3.64. The Balaban J connectivity index is 2.77. The van der Waals surface area contributed by atoms with Crippen LogP contribution in [0.3, 0.4) is 0 Å². The van der Waals surface area contributed by atoms with Gasteiger partial charge in [-0.25, -0.2) is 4.98 Å². The Hall–Kier alpha value is -1.56. The average molecular weight is 258 g/mol. The molecule has 1 atom stereocenters. The highest BCUT2D eigenvalue weighted by Crippen LogP contribution is 2.19. The van der Waals surface area contributed by atoms with Crippen LogP contribution in [-0.4, -0.2) is 40.4 Å². The van der Waals surface area contributed by atoms with Crippen molar-refractivity contribution in [3.63, 3.8) is 0 Å². The zero-order valence-electron chi connectivity index (χ0n) is 10.1. The lowest BCUT2D eigenvalue weighted by Crippen LogP contribution is -2.39. The topological polar surface area (TPSA) is 84.1 Å². The minimum absolute atomic E-state index is 0.0410. The van der Waals surface area contributed by atoms with Gasteiger partial charge in [-0.1, -0.05) is 11.6 Å². The molecule has 0 aromatic carbocycles. The van der Waals surface area contributed by atoms with Gasteiger partial charge in [0.1, 0.15) is 11.1 Å². The number of carbonyl (C=O) groups excluding carboxylic acids is 1. The summed E-state index contributed by atoms with van der Waals surface area (Å²) in [4.78, 5) is 21.1. The third-order valence-electron chi connectivity index (χ3n) is 2.34. The van der Waals surface area contributed by atoms with Gasteiger partial charge in [0.25, 0.3) is 0 Å². The molecule has 1 amide bonds. The molecule has 0 aliphatic carbocycles. The Kier molecular flexibility index (Phi) is 4.51. The molecule has 17 heavy (non-hydrogen) atoms. The first-order chi connectivity index (χ1) is 7.95. The minimum Gasteiger partial charge on any atom is -0.368 e. The van der Waals surface area contributed by atoms with Crippen LogP contribution in [0.1, 0.15) is 13.8 Å². The summed E-state index contributed by atoms with van der Waals surface area (Å²) >= 11 is 5.89. The number of aromatic nitrogens is 2. The number of nitrogens with zero attached hydrogens (tertiary/aromatic N) is 3. The van der Waals surface area contributed by atoms with Crippen LogP contribution in [0.25, 0.3) is 0 Å². The van der Waals surface area contributed by atoms with Crippen LogP contribution >= 0.6 is 11.6 Å². The van der Waals surface area contributed by atoms with Gasteiger partial charge in [0.2, 0.25) is 11.9 Å². The van der Waals surface area contributed by atoms with Crippen LogP contribution in [0, 0.1) is 0 Å². The van der Waals surface area contributed by atoms with Crippen molar-refractivity contribution in [2.75, 3.05) is 24.6 Å². The lowest BCUT2D eigenvalue weighted by molar-refractivity contribution is -0.130. The summed E-state index contributed by atoms with van der Waals surface area (Å²) in [5.41, 5.74) is 5.45. The van der Waals surface area contributed by atoms with E-state index in [0.717, 1.165) is 0 Å². The Morgan fingerprint density at radius 2 is 2.35 bits per heavy atom. The van der Waals surface area contributed by atoms with Gasteiger partial charge in [0.05, 0.1) is 6.20 Å². The number of amides is 1. The zero-order chi connectivity index (χ0) is 13.0. The Labute approximate surface area is 105 Å². The van der Waals surface area contributed by atoms with E-state index in [4.69, 9.17) is 17.3 Å². The zero-order valence-corrected chi connectivity index (χ0v) is 10.8. The van der Waals surface area contributed by atoms with Crippen molar-refractivity contribution in [1.29, 1.82) is 0 Å². The smallest absolute Gasteiger partial charge is 0.244 e. The highest BCUT2D eigenvalue weighted by molar-refractivity contribution is 6.32. The van der Waals surface area contributed by atoms with Crippen molar-refractivity contribution in [3.8, 4) is 0 Å². The van der Waals surface area contributed by atoms with Crippen molar-refractivity contribution >= 4 is 29.3 Å². The summed E-state index contributed by atoms with van der Waals surface area (Å²) in [6.07, 6.45) is 1.40. The third kappa shape index (κ3) is 3.45. The molecule has 7 heteroatoms. The summed E-state index contributed by atoms with van der Waals surface area (Å²) in [5, 5.41) is 3.24. The molecule has 0 aliphatic heterocycles. The number of halogens is 1. The number of nitrogen functional groups attached to an aromatic ring is 1. The fraction of sp³-hybridized carbons (Fsp3) is 0.500. The molecule has 0 bridgehead atoms. The maximum absolute atomic E-state index is 11.8. The quantitative estimate of drug-likeness (QED) is 0.840. The molecule has 1 rings (SSSR count). The highest BCUT2D eigenvalue weighted by Gasteiger charge is 2.17. The molecule has 0 radical (unpaired) electrons. The van der Waals surface area contributed by atoms with E-state index in [1.807, 2.05) is 6.92 Å². The van der Waals surface area contributed by atoms with Gasteiger partial charge in [-0.3, -0.25) is 4.79 Å². The van der Waals surface area contributed by atoms with Crippen LogP contribution in [0.5, 0.6) is 0 Å². The normalized spacial score (nSPS) is 12.0. The van der Waals surface area contributed by atoms with Gasteiger partial charge in [-0.15, -0.1) is 0 Å². The van der Waals surface area contributed by atoms with Gasteiger partial charge < -0.3 is 16.0 Å². The number of nitrogens with one attached hydrogen (secondary N) is 1. The Morgan fingerprint density at radius 3 is 2.94 bits per heavy atom. The monoisotopic (exact) mass is 257 g/mol. The SMILES string of the molecule is CCN(C)C(=O)C(C)Nc1nc(N)ncc1Cl. The van der Waals surface area contributed by atoms with Crippen molar-refractivity contribution in [3.05, 3.63) is 11.2 Å². The van der Waals surface area contributed by atoms with Crippen molar-refractivity contribution in [2.24, 2.45) is 0 Å². The number of likely N-dealkylation sites (N-methyl/N-ethyl adjacent to an activating group) is 1. The van der Waals surface area contributed by atoms with Crippen molar-refractivity contribution in [1.82, 2.24) is 14.9 Å². The average Bonchev–Trinajstić information content (AvgIpc) is 2.31. The summed E-state index contributed by atoms with van der Waals surface area (Å²) < 4.78 is 0. The van der Waals surface area contributed by atoms with E-state index < -0.39 is 6.04 Å². The number of hydrogen-bond acceptors (Lipinski definition) is 5. The molecule has 1 heterocycles. The first-order valence-corrected chi connectivity index (χ1v) is 5.63. The van der Waals surface area contributed by atoms with Crippen molar-refractivity contribution in [2.45, 2.75) is 19.9 Å². The van der Waals surface area contributed by atoms with E-state index >= 15 is 0 Å². The predicted octanol–water partition coefficient (Wildman–Crippen LogP) is 0.991. The second kappa shape index (κ2) is 5.67. The van der Waals surface area contributed by atoms with Gasteiger partial charge in [-0.2, -0.15) is 4.98 Å². The maximum Gasteiger partial charge on any atom is 0.244 e. The molecule has 94 valence electrons. The van der Waals surface area contributed by atoms with E-state index in [-0.39, 0.29) is 11.9 Å².